The fraction of sp³-hybridized carbons (Fsp3) is 0.379. The third-order valence-corrected chi connectivity index (χ3v) is 7.65. The number of amides is 2. The molecule has 1 saturated heterocycles. The lowest BCUT2D eigenvalue weighted by molar-refractivity contribution is -0.909. The molecule has 3 aliphatic rings. The highest BCUT2D eigenvalue weighted by Crippen LogP contribution is 2.33. The molecule has 192 valence electrons. The number of carbonyl (C=O) groups is 2. The molecule has 2 N–H and O–H groups in total. The number of carbonyl (C=O) groups excluding carboxylic acids is 2. The topological polar surface area (TPSA) is 89.7 Å². The van der Waals surface area contributed by atoms with Crippen LogP contribution < -0.4 is 14.4 Å². The van der Waals surface area contributed by atoms with Crippen molar-refractivity contribution in [3.8, 4) is 11.5 Å². The molecule has 3 aromatic carbocycles. The van der Waals surface area contributed by atoms with E-state index in [-0.39, 0.29) is 31.1 Å². The predicted molar refractivity (Wildman–Crippen MR) is 136 cm³/mol. The second kappa shape index (κ2) is 10.1. The number of imide groups is 1. The van der Waals surface area contributed by atoms with Crippen molar-refractivity contribution in [3.63, 3.8) is 0 Å². The second-order valence-electron chi connectivity index (χ2n) is 10.2. The first-order valence-electron chi connectivity index (χ1n) is 12.9. The van der Waals surface area contributed by atoms with Gasteiger partial charge in [0.1, 0.15) is 12.6 Å². The van der Waals surface area contributed by atoms with Crippen molar-refractivity contribution in [3.05, 3.63) is 71.3 Å². The lowest BCUT2D eigenvalue weighted by atomic mass is 9.91. The van der Waals surface area contributed by atoms with E-state index in [4.69, 9.17) is 14.2 Å². The monoisotopic (exact) mass is 503 g/mol. The molecule has 0 saturated carbocycles. The standard InChI is InChI=1S/C29H30N2O6/c32-22(17-35-16-20-7-8-25-26(13-20)37-18-36-25)15-30-11-9-19(10-12-30)14-31-28(33)23-5-1-3-21-4-2-6-24(27(21)23)29(31)34/h1-8,13,19,22,32H,9-12,14-18H2/p+1/t22-/m0/s1. The van der Waals surface area contributed by atoms with Crippen LogP contribution in [-0.2, 0) is 11.3 Å². The summed E-state index contributed by atoms with van der Waals surface area (Å²) in [7, 11) is 0. The molecule has 37 heavy (non-hydrogen) atoms. The molecule has 0 bridgehead atoms. The Balaban J connectivity index is 0.975. The Kier molecular flexibility index (Phi) is 6.54. The zero-order valence-electron chi connectivity index (χ0n) is 20.7. The molecule has 2 amide bonds. The highest BCUT2D eigenvalue weighted by atomic mass is 16.7. The average Bonchev–Trinajstić information content (AvgIpc) is 3.39. The Morgan fingerprint density at radius 2 is 1.68 bits per heavy atom. The number of aliphatic hydroxyl groups is 1. The van der Waals surface area contributed by atoms with Gasteiger partial charge < -0.3 is 24.2 Å². The molecule has 0 aliphatic carbocycles. The maximum absolute atomic E-state index is 13.2. The SMILES string of the molecule is O=C1c2cccc3cccc(c23)C(=O)N1CC1CC[NH+](C[C@H](O)COCc2ccc3c(c2)OCO3)CC1. The fourth-order valence-electron chi connectivity index (χ4n) is 5.71. The van der Waals surface area contributed by atoms with E-state index in [1.54, 1.807) is 0 Å². The van der Waals surface area contributed by atoms with Crippen LogP contribution >= 0.6 is 0 Å². The van der Waals surface area contributed by atoms with Gasteiger partial charge in [-0.3, -0.25) is 14.5 Å². The first-order chi connectivity index (χ1) is 18.1. The Morgan fingerprint density at radius 3 is 2.41 bits per heavy atom. The minimum atomic E-state index is -0.553. The molecule has 3 heterocycles. The third kappa shape index (κ3) is 4.80. The number of aliphatic hydroxyl groups excluding tert-OH is 1. The Morgan fingerprint density at radius 1 is 0.973 bits per heavy atom. The summed E-state index contributed by atoms with van der Waals surface area (Å²) in [4.78, 5) is 29.1. The third-order valence-electron chi connectivity index (χ3n) is 7.65. The van der Waals surface area contributed by atoms with Crippen LogP contribution in [0.3, 0.4) is 0 Å². The normalized spacial score (nSPS) is 21.5. The van der Waals surface area contributed by atoms with Gasteiger partial charge in [0.2, 0.25) is 6.79 Å². The van der Waals surface area contributed by atoms with E-state index in [1.807, 2.05) is 54.6 Å². The zero-order chi connectivity index (χ0) is 25.4. The van der Waals surface area contributed by atoms with Crippen LogP contribution in [0.5, 0.6) is 11.5 Å². The van der Waals surface area contributed by atoms with Gasteiger partial charge >= 0.3 is 0 Å². The first kappa shape index (κ1) is 23.9. The molecule has 0 spiro atoms. The average molecular weight is 504 g/mol. The summed E-state index contributed by atoms with van der Waals surface area (Å²) in [6, 6.07) is 17.0. The molecule has 0 radical (unpaired) electrons. The van der Waals surface area contributed by atoms with Crippen LogP contribution in [-0.4, -0.2) is 67.5 Å². The smallest absolute Gasteiger partial charge is 0.261 e. The fourth-order valence-corrected chi connectivity index (χ4v) is 5.71. The van der Waals surface area contributed by atoms with Crippen molar-refractivity contribution in [1.82, 2.24) is 4.90 Å². The highest BCUT2D eigenvalue weighted by molar-refractivity contribution is 6.25. The van der Waals surface area contributed by atoms with Gasteiger partial charge in [-0.1, -0.05) is 30.3 Å². The largest absolute Gasteiger partial charge is 0.454 e. The van der Waals surface area contributed by atoms with E-state index in [1.165, 1.54) is 9.80 Å². The number of fused-ring (bicyclic) bond motifs is 1. The Labute approximate surface area is 215 Å². The van der Waals surface area contributed by atoms with Crippen LogP contribution in [0.15, 0.2) is 54.6 Å². The minimum absolute atomic E-state index is 0.195. The number of nitrogens with one attached hydrogen (secondary N) is 1. The molecule has 1 atom stereocenters. The lowest BCUT2D eigenvalue weighted by Crippen LogP contribution is -3.14. The highest BCUT2D eigenvalue weighted by Gasteiger charge is 2.35. The summed E-state index contributed by atoms with van der Waals surface area (Å²) in [6.07, 6.45) is 1.26. The molecule has 3 aliphatic heterocycles. The predicted octanol–water partition coefficient (Wildman–Crippen LogP) is 2.04. The van der Waals surface area contributed by atoms with Crippen molar-refractivity contribution in [1.29, 1.82) is 0 Å². The summed E-state index contributed by atoms with van der Waals surface area (Å²) >= 11 is 0. The first-order valence-corrected chi connectivity index (χ1v) is 12.9. The van der Waals surface area contributed by atoms with Gasteiger partial charge in [0, 0.05) is 35.9 Å². The van der Waals surface area contributed by atoms with Crippen molar-refractivity contribution in [2.45, 2.75) is 25.6 Å². The van der Waals surface area contributed by atoms with Gasteiger partial charge in [-0.05, 0) is 41.1 Å². The minimum Gasteiger partial charge on any atom is -0.454 e. The lowest BCUT2D eigenvalue weighted by Gasteiger charge is -2.34. The van der Waals surface area contributed by atoms with Crippen molar-refractivity contribution >= 4 is 22.6 Å². The van der Waals surface area contributed by atoms with Crippen LogP contribution in [0.2, 0.25) is 0 Å². The van der Waals surface area contributed by atoms with Gasteiger partial charge in [0.25, 0.3) is 11.8 Å². The van der Waals surface area contributed by atoms with Gasteiger partial charge in [-0.2, -0.15) is 0 Å². The van der Waals surface area contributed by atoms with Crippen LogP contribution in [0.25, 0.3) is 10.8 Å². The van der Waals surface area contributed by atoms with E-state index in [0.29, 0.717) is 30.8 Å². The van der Waals surface area contributed by atoms with Gasteiger partial charge in [-0.15, -0.1) is 0 Å². The second-order valence-corrected chi connectivity index (χ2v) is 10.2. The summed E-state index contributed by atoms with van der Waals surface area (Å²) in [5.41, 5.74) is 2.20. The van der Waals surface area contributed by atoms with Crippen LogP contribution in [0, 0.1) is 5.92 Å². The van der Waals surface area contributed by atoms with E-state index in [0.717, 1.165) is 53.8 Å². The maximum atomic E-state index is 13.2. The Hall–Kier alpha value is -3.46. The molecule has 0 unspecified atom stereocenters. The van der Waals surface area contributed by atoms with E-state index < -0.39 is 6.10 Å². The number of hydrogen-bond acceptors (Lipinski definition) is 6. The van der Waals surface area contributed by atoms with Crippen LogP contribution in [0.1, 0.15) is 39.1 Å². The number of hydrogen-bond donors (Lipinski definition) is 2. The number of piperidine rings is 1. The van der Waals surface area contributed by atoms with E-state index >= 15 is 0 Å². The van der Waals surface area contributed by atoms with Crippen molar-refractivity contribution in [2.24, 2.45) is 5.92 Å². The number of likely N-dealkylation sites (tertiary alicyclic amines) is 1. The van der Waals surface area contributed by atoms with E-state index in [2.05, 4.69) is 0 Å². The molecule has 8 nitrogen and oxygen atoms in total. The number of benzene rings is 3. The van der Waals surface area contributed by atoms with E-state index in [9.17, 15) is 14.7 Å². The number of quaternary nitrogens is 1. The molecule has 6 rings (SSSR count). The van der Waals surface area contributed by atoms with Crippen molar-refractivity contribution in [2.75, 3.05) is 39.6 Å². The van der Waals surface area contributed by atoms with Crippen LogP contribution in [0.4, 0.5) is 0 Å². The molecule has 0 aromatic heterocycles. The quantitative estimate of drug-likeness (QED) is 0.458. The molecular weight excluding hydrogens is 472 g/mol. The van der Waals surface area contributed by atoms with Gasteiger partial charge in [0.15, 0.2) is 11.5 Å². The molecule has 8 heteroatoms. The molecule has 1 fully saturated rings. The zero-order valence-corrected chi connectivity index (χ0v) is 20.7. The molecular formula is C29H31N2O6+. The van der Waals surface area contributed by atoms with Gasteiger partial charge in [-0.25, -0.2) is 0 Å². The Bertz CT molecular complexity index is 1280. The maximum Gasteiger partial charge on any atom is 0.261 e. The summed E-state index contributed by atoms with van der Waals surface area (Å²) in [5, 5.41) is 12.2. The number of rotatable bonds is 8. The number of nitrogens with zero attached hydrogens (tertiary/aromatic N) is 1. The summed E-state index contributed by atoms with van der Waals surface area (Å²) in [5.74, 6) is 1.34. The van der Waals surface area contributed by atoms with Crippen molar-refractivity contribution < 1.29 is 33.8 Å². The molecule has 3 aromatic rings. The van der Waals surface area contributed by atoms with Gasteiger partial charge in [0.05, 0.1) is 26.3 Å². The summed E-state index contributed by atoms with van der Waals surface area (Å²) < 4.78 is 16.5. The summed E-state index contributed by atoms with van der Waals surface area (Å²) in [6.45, 7) is 3.76. The number of ether oxygens (including phenoxy) is 3.